The van der Waals surface area contributed by atoms with E-state index in [9.17, 15) is 9.59 Å². The molecule has 2 atom stereocenters. The Hall–Kier alpha value is -1.66. The molecule has 6 heteroatoms. The van der Waals surface area contributed by atoms with Crippen LogP contribution in [0.15, 0.2) is 18.2 Å². The van der Waals surface area contributed by atoms with Crippen LogP contribution < -0.4 is 5.32 Å². The van der Waals surface area contributed by atoms with Crippen LogP contribution in [0.1, 0.15) is 23.1 Å². The van der Waals surface area contributed by atoms with Crippen molar-refractivity contribution in [3.63, 3.8) is 0 Å². The molecule has 1 saturated heterocycles. The lowest BCUT2D eigenvalue weighted by molar-refractivity contribution is -0.132. The highest BCUT2D eigenvalue weighted by atomic mass is 32.1. The van der Waals surface area contributed by atoms with Gasteiger partial charge in [-0.3, -0.25) is 4.79 Å². The Labute approximate surface area is 121 Å². The van der Waals surface area contributed by atoms with E-state index in [4.69, 9.17) is 9.84 Å². The Bertz CT molecular complexity index is 523. The molecule has 5 nitrogen and oxygen atoms in total. The first-order chi connectivity index (χ1) is 9.56. The van der Waals surface area contributed by atoms with Crippen molar-refractivity contribution in [2.45, 2.75) is 26.0 Å². The topological polar surface area (TPSA) is 75.6 Å². The fourth-order valence-corrected chi connectivity index (χ4v) is 2.89. The predicted molar refractivity (Wildman–Crippen MR) is 76.4 cm³/mol. The molecule has 1 aliphatic heterocycles. The fourth-order valence-electron chi connectivity index (χ4n) is 2.04. The van der Waals surface area contributed by atoms with E-state index in [2.05, 4.69) is 5.32 Å². The normalized spacial score (nSPS) is 22.2. The first-order valence-electron chi connectivity index (χ1n) is 6.45. The molecule has 0 radical (unpaired) electrons. The van der Waals surface area contributed by atoms with Gasteiger partial charge in [0.25, 0.3) is 0 Å². The van der Waals surface area contributed by atoms with E-state index in [1.165, 1.54) is 11.3 Å². The zero-order valence-corrected chi connectivity index (χ0v) is 12.0. The Morgan fingerprint density at radius 3 is 3.00 bits per heavy atom. The number of hydrogen-bond acceptors (Lipinski definition) is 4. The molecule has 20 heavy (non-hydrogen) atoms. The van der Waals surface area contributed by atoms with Crippen molar-refractivity contribution >= 4 is 29.3 Å². The van der Waals surface area contributed by atoms with E-state index in [1.54, 1.807) is 6.08 Å². The summed E-state index contributed by atoms with van der Waals surface area (Å²) in [5.74, 6) is -0.793. The summed E-state index contributed by atoms with van der Waals surface area (Å²) in [4.78, 5) is 24.2. The predicted octanol–water partition coefficient (Wildman–Crippen LogP) is 1.89. The summed E-state index contributed by atoms with van der Waals surface area (Å²) in [5.41, 5.74) is 0. The van der Waals surface area contributed by atoms with E-state index >= 15 is 0 Å². The first kappa shape index (κ1) is 14.7. The maximum absolute atomic E-state index is 11.9. The third-order valence-electron chi connectivity index (χ3n) is 3.16. The number of hydrogen-bond donors (Lipinski definition) is 2. The molecule has 2 unspecified atom stereocenters. The molecule has 0 bridgehead atoms. The number of aliphatic carboxylic acids is 1. The number of nitrogens with one attached hydrogen (secondary N) is 1. The lowest BCUT2D eigenvalue weighted by atomic mass is 10.0. The molecule has 1 aromatic rings. The van der Waals surface area contributed by atoms with Gasteiger partial charge in [-0.2, -0.15) is 0 Å². The lowest BCUT2D eigenvalue weighted by Crippen LogP contribution is -2.36. The average molecular weight is 295 g/mol. The highest BCUT2D eigenvalue weighted by Crippen LogP contribution is 2.21. The Balaban J connectivity index is 1.85. The molecule has 1 fully saturated rings. The van der Waals surface area contributed by atoms with Crippen molar-refractivity contribution in [2.24, 2.45) is 5.92 Å². The number of carbonyl (C=O) groups is 2. The van der Waals surface area contributed by atoms with E-state index < -0.39 is 5.97 Å². The smallest absolute Gasteiger partial charge is 0.328 e. The van der Waals surface area contributed by atoms with Crippen LogP contribution in [-0.4, -0.2) is 29.7 Å². The van der Waals surface area contributed by atoms with Gasteiger partial charge in [-0.1, -0.05) is 6.92 Å². The summed E-state index contributed by atoms with van der Waals surface area (Å²) in [6.45, 7) is 3.09. The fraction of sp³-hybridized carbons (Fsp3) is 0.429. The molecule has 1 aromatic heterocycles. The van der Waals surface area contributed by atoms with Crippen LogP contribution in [0.2, 0.25) is 0 Å². The summed E-state index contributed by atoms with van der Waals surface area (Å²) >= 11 is 1.45. The van der Waals surface area contributed by atoms with Gasteiger partial charge in [-0.05, 0) is 30.5 Å². The van der Waals surface area contributed by atoms with Crippen LogP contribution in [0.5, 0.6) is 0 Å². The average Bonchev–Trinajstić information content (AvgIpc) is 3.02. The Kier molecular flexibility index (Phi) is 4.92. The van der Waals surface area contributed by atoms with Gasteiger partial charge in [-0.15, -0.1) is 11.3 Å². The molecular weight excluding hydrogens is 278 g/mol. The van der Waals surface area contributed by atoms with Gasteiger partial charge in [0.2, 0.25) is 5.91 Å². The Morgan fingerprint density at radius 1 is 1.55 bits per heavy atom. The van der Waals surface area contributed by atoms with Crippen molar-refractivity contribution in [2.75, 3.05) is 6.61 Å². The third kappa shape index (κ3) is 3.91. The summed E-state index contributed by atoms with van der Waals surface area (Å²) in [5, 5.41) is 11.4. The van der Waals surface area contributed by atoms with Crippen molar-refractivity contribution in [1.29, 1.82) is 0 Å². The molecule has 0 aliphatic carbocycles. The van der Waals surface area contributed by atoms with Crippen molar-refractivity contribution in [1.82, 2.24) is 5.32 Å². The van der Waals surface area contributed by atoms with Crippen molar-refractivity contribution in [3.05, 3.63) is 28.0 Å². The second kappa shape index (κ2) is 6.67. The molecule has 1 amide bonds. The standard InChI is InChI=1S/C14H17NO4S/c1-9-6-7-19-13(9)14(18)15-8-11-3-2-10(20-11)4-5-12(16)17/h2-5,9,13H,6-8H2,1H3,(H,15,18)(H,16,17)/b5-4+. The monoisotopic (exact) mass is 295 g/mol. The third-order valence-corrected chi connectivity index (χ3v) is 4.21. The largest absolute Gasteiger partial charge is 0.478 e. The van der Waals surface area contributed by atoms with Gasteiger partial charge >= 0.3 is 5.97 Å². The van der Waals surface area contributed by atoms with E-state index in [-0.39, 0.29) is 17.9 Å². The van der Waals surface area contributed by atoms with Gasteiger partial charge in [0.15, 0.2) is 0 Å². The van der Waals surface area contributed by atoms with Crippen molar-refractivity contribution in [3.8, 4) is 0 Å². The van der Waals surface area contributed by atoms with Crippen LogP contribution in [0.3, 0.4) is 0 Å². The molecular formula is C14H17NO4S. The number of amides is 1. The molecule has 0 spiro atoms. The quantitative estimate of drug-likeness (QED) is 0.813. The second-order valence-corrected chi connectivity index (χ2v) is 5.95. The molecule has 0 saturated carbocycles. The first-order valence-corrected chi connectivity index (χ1v) is 7.27. The molecule has 1 aliphatic rings. The second-order valence-electron chi connectivity index (χ2n) is 4.75. The summed E-state index contributed by atoms with van der Waals surface area (Å²) in [6.07, 6.45) is 3.21. The highest BCUT2D eigenvalue weighted by molar-refractivity contribution is 7.12. The van der Waals surface area contributed by atoms with Crippen LogP contribution in [0.25, 0.3) is 6.08 Å². The number of carboxylic acid groups (broad SMARTS) is 1. The maximum Gasteiger partial charge on any atom is 0.328 e. The number of carbonyl (C=O) groups excluding carboxylic acids is 1. The van der Waals surface area contributed by atoms with E-state index in [1.807, 2.05) is 19.1 Å². The van der Waals surface area contributed by atoms with Crippen molar-refractivity contribution < 1.29 is 19.4 Å². The summed E-state index contributed by atoms with van der Waals surface area (Å²) in [7, 11) is 0. The number of ether oxygens (including phenoxy) is 1. The molecule has 2 heterocycles. The van der Waals surface area contributed by atoms with Gasteiger partial charge in [0.05, 0.1) is 6.54 Å². The van der Waals surface area contributed by atoms with Gasteiger partial charge in [0.1, 0.15) is 6.10 Å². The van der Waals surface area contributed by atoms with Crippen LogP contribution in [0.4, 0.5) is 0 Å². The molecule has 108 valence electrons. The van der Waals surface area contributed by atoms with Crippen LogP contribution >= 0.6 is 11.3 Å². The van der Waals surface area contributed by atoms with Gasteiger partial charge in [-0.25, -0.2) is 4.79 Å². The lowest BCUT2D eigenvalue weighted by Gasteiger charge is -2.13. The van der Waals surface area contributed by atoms with E-state index in [0.29, 0.717) is 13.2 Å². The van der Waals surface area contributed by atoms with Gasteiger partial charge < -0.3 is 15.2 Å². The van der Waals surface area contributed by atoms with E-state index in [0.717, 1.165) is 22.3 Å². The molecule has 2 rings (SSSR count). The number of carboxylic acids is 1. The molecule has 0 aromatic carbocycles. The highest BCUT2D eigenvalue weighted by Gasteiger charge is 2.30. The summed E-state index contributed by atoms with van der Waals surface area (Å²) in [6, 6.07) is 3.71. The summed E-state index contributed by atoms with van der Waals surface area (Å²) < 4.78 is 5.40. The number of thiophene rings is 1. The minimum Gasteiger partial charge on any atom is -0.478 e. The maximum atomic E-state index is 11.9. The SMILES string of the molecule is CC1CCOC1C(=O)NCc1ccc(/C=C/C(=O)O)s1. The number of rotatable bonds is 5. The van der Waals surface area contributed by atoms with Crippen LogP contribution in [0, 0.1) is 5.92 Å². The minimum absolute atomic E-state index is 0.0778. The zero-order valence-electron chi connectivity index (χ0n) is 11.2. The zero-order chi connectivity index (χ0) is 14.5. The Morgan fingerprint density at radius 2 is 2.35 bits per heavy atom. The van der Waals surface area contributed by atoms with Crippen LogP contribution in [-0.2, 0) is 20.9 Å². The molecule has 2 N–H and O–H groups in total. The van der Waals surface area contributed by atoms with Gasteiger partial charge in [0, 0.05) is 22.4 Å². The minimum atomic E-state index is -0.972.